The lowest BCUT2D eigenvalue weighted by molar-refractivity contribution is -0.153. The van der Waals surface area contributed by atoms with Crippen molar-refractivity contribution in [2.75, 3.05) is 5.32 Å². The molecule has 0 fully saturated rings. The van der Waals surface area contributed by atoms with E-state index in [0.29, 0.717) is 9.21 Å². The average molecular weight is 409 g/mol. The molecule has 0 aliphatic rings. The number of amides is 1. The summed E-state index contributed by atoms with van der Waals surface area (Å²) in [5.74, 6) is -1.33. The number of halogens is 2. The van der Waals surface area contributed by atoms with Crippen LogP contribution in [0, 0.1) is 11.3 Å². The van der Waals surface area contributed by atoms with E-state index in [4.69, 9.17) is 0 Å². The number of nitrogens with zero attached hydrogens (tertiary/aromatic N) is 2. The van der Waals surface area contributed by atoms with Crippen LogP contribution in [0.4, 0.5) is 5.82 Å². The molecule has 110 valence electrons. The first kappa shape index (κ1) is 17.0. The van der Waals surface area contributed by atoms with Gasteiger partial charge in [0, 0.05) is 6.42 Å². The normalized spacial score (nSPS) is 13.9. The number of nitrogens with one attached hydrogen (secondary N) is 1. The van der Waals surface area contributed by atoms with Crippen LogP contribution in [0.2, 0.25) is 0 Å². The Labute approximate surface area is 133 Å². The molecule has 1 rings (SSSR count). The van der Waals surface area contributed by atoms with Crippen LogP contribution in [0.15, 0.2) is 15.4 Å². The third kappa shape index (κ3) is 3.99. The van der Waals surface area contributed by atoms with Gasteiger partial charge in [-0.25, -0.2) is 9.97 Å². The van der Waals surface area contributed by atoms with E-state index in [1.807, 2.05) is 0 Å². The van der Waals surface area contributed by atoms with Gasteiger partial charge in [0.25, 0.3) is 0 Å². The first-order valence-electron chi connectivity index (χ1n) is 5.88. The molecule has 2 N–H and O–H groups in total. The molecule has 0 aromatic carbocycles. The highest BCUT2D eigenvalue weighted by Gasteiger charge is 2.38. The van der Waals surface area contributed by atoms with Gasteiger partial charge in [-0.15, -0.1) is 0 Å². The van der Waals surface area contributed by atoms with Gasteiger partial charge in [-0.05, 0) is 44.7 Å². The fraction of sp³-hybridized carbons (Fsp3) is 0.500. The van der Waals surface area contributed by atoms with E-state index in [1.165, 1.54) is 6.20 Å². The molecule has 0 aliphatic heterocycles. The zero-order valence-corrected chi connectivity index (χ0v) is 14.4. The van der Waals surface area contributed by atoms with E-state index in [1.54, 1.807) is 20.8 Å². The van der Waals surface area contributed by atoms with Crippen molar-refractivity contribution in [3.8, 4) is 0 Å². The van der Waals surface area contributed by atoms with Crippen LogP contribution in [-0.4, -0.2) is 27.0 Å². The molecule has 1 amide bonds. The quantitative estimate of drug-likeness (QED) is 0.780. The van der Waals surface area contributed by atoms with Crippen molar-refractivity contribution in [2.24, 2.45) is 11.3 Å². The number of aliphatic carboxylic acids is 1. The lowest BCUT2D eigenvalue weighted by Crippen LogP contribution is -2.37. The summed E-state index contributed by atoms with van der Waals surface area (Å²) >= 11 is 6.33. The van der Waals surface area contributed by atoms with Gasteiger partial charge in [0.15, 0.2) is 5.82 Å². The van der Waals surface area contributed by atoms with E-state index in [0.717, 1.165) is 0 Å². The second-order valence-electron chi connectivity index (χ2n) is 4.93. The molecule has 8 heteroatoms. The number of carbonyl (C=O) groups is 2. The third-order valence-electron chi connectivity index (χ3n) is 3.25. The number of carbonyl (C=O) groups excluding carboxylic acids is 1. The Kier molecular flexibility index (Phi) is 5.64. The third-order valence-corrected chi connectivity index (χ3v) is 4.18. The Morgan fingerprint density at radius 1 is 1.45 bits per heavy atom. The average Bonchev–Trinajstić information content (AvgIpc) is 2.32. The molecule has 0 radical (unpaired) electrons. The van der Waals surface area contributed by atoms with Crippen LogP contribution < -0.4 is 5.32 Å². The first-order chi connectivity index (χ1) is 9.16. The van der Waals surface area contributed by atoms with E-state index in [-0.39, 0.29) is 18.2 Å². The number of aromatic nitrogens is 2. The lowest BCUT2D eigenvalue weighted by atomic mass is 9.76. The summed E-state index contributed by atoms with van der Waals surface area (Å²) < 4.78 is 0.904. The number of rotatable bonds is 5. The fourth-order valence-corrected chi connectivity index (χ4v) is 2.38. The Morgan fingerprint density at radius 3 is 2.50 bits per heavy atom. The van der Waals surface area contributed by atoms with Gasteiger partial charge in [-0.2, -0.15) is 0 Å². The molecule has 1 heterocycles. The lowest BCUT2D eigenvalue weighted by Gasteiger charge is -2.28. The molecule has 1 atom stereocenters. The largest absolute Gasteiger partial charge is 0.481 e. The van der Waals surface area contributed by atoms with Crippen LogP contribution in [0.1, 0.15) is 27.2 Å². The summed E-state index contributed by atoms with van der Waals surface area (Å²) in [6.07, 6.45) is 1.31. The van der Waals surface area contributed by atoms with E-state index in [2.05, 4.69) is 47.1 Å². The standard InChI is InChI=1S/C12H15Br2N3O3/c1-6(2)12(3,11(19)20)4-8(18)17-10-9(14)16-7(13)5-15-10/h5-6H,4H2,1-3H3,(H,19,20)(H,15,17,18). The smallest absolute Gasteiger partial charge is 0.310 e. The number of hydrogen-bond donors (Lipinski definition) is 2. The molecule has 0 spiro atoms. The first-order valence-corrected chi connectivity index (χ1v) is 7.46. The molecule has 1 aromatic heterocycles. The molecule has 1 aromatic rings. The van der Waals surface area contributed by atoms with Crippen molar-refractivity contribution in [3.05, 3.63) is 15.4 Å². The van der Waals surface area contributed by atoms with Gasteiger partial charge in [-0.3, -0.25) is 9.59 Å². The molecular formula is C12H15Br2N3O3. The van der Waals surface area contributed by atoms with Crippen molar-refractivity contribution in [1.82, 2.24) is 9.97 Å². The van der Waals surface area contributed by atoms with Crippen molar-refractivity contribution < 1.29 is 14.7 Å². The van der Waals surface area contributed by atoms with Crippen LogP contribution in [0.3, 0.4) is 0 Å². The summed E-state index contributed by atoms with van der Waals surface area (Å²) in [6, 6.07) is 0. The minimum Gasteiger partial charge on any atom is -0.481 e. The Morgan fingerprint density at radius 2 is 2.05 bits per heavy atom. The molecule has 1 unspecified atom stereocenters. The van der Waals surface area contributed by atoms with Gasteiger partial charge >= 0.3 is 5.97 Å². The van der Waals surface area contributed by atoms with E-state index >= 15 is 0 Å². The predicted octanol–water partition coefficient (Wildman–Crippen LogP) is 3.08. The summed E-state index contributed by atoms with van der Waals surface area (Å²) in [5.41, 5.74) is -1.13. The summed E-state index contributed by atoms with van der Waals surface area (Å²) in [4.78, 5) is 31.4. The van der Waals surface area contributed by atoms with E-state index < -0.39 is 17.3 Å². The van der Waals surface area contributed by atoms with Crippen LogP contribution in [0.25, 0.3) is 0 Å². The zero-order chi connectivity index (χ0) is 15.5. The van der Waals surface area contributed by atoms with Crippen LogP contribution in [0.5, 0.6) is 0 Å². The highest BCUT2D eigenvalue weighted by atomic mass is 79.9. The fourth-order valence-electron chi connectivity index (χ4n) is 1.47. The molecule has 0 saturated carbocycles. The number of carboxylic acid groups (broad SMARTS) is 1. The number of hydrogen-bond acceptors (Lipinski definition) is 4. The maximum absolute atomic E-state index is 12.0. The molecular weight excluding hydrogens is 394 g/mol. The van der Waals surface area contributed by atoms with Crippen LogP contribution in [-0.2, 0) is 9.59 Å². The number of anilines is 1. The predicted molar refractivity (Wildman–Crippen MR) is 81.3 cm³/mol. The molecule has 0 aliphatic carbocycles. The topological polar surface area (TPSA) is 92.2 Å². The SMILES string of the molecule is CC(C)C(C)(CC(=O)Nc1ncc(Br)nc1Br)C(=O)O. The Hall–Kier alpha value is -1.02. The van der Waals surface area contributed by atoms with Crippen molar-refractivity contribution in [3.63, 3.8) is 0 Å². The minimum atomic E-state index is -1.13. The molecule has 20 heavy (non-hydrogen) atoms. The highest BCUT2D eigenvalue weighted by Crippen LogP contribution is 2.32. The maximum Gasteiger partial charge on any atom is 0.310 e. The zero-order valence-electron chi connectivity index (χ0n) is 11.3. The number of carboxylic acids is 1. The summed E-state index contributed by atoms with van der Waals surface area (Å²) in [7, 11) is 0. The molecule has 6 nitrogen and oxygen atoms in total. The van der Waals surface area contributed by atoms with E-state index in [9.17, 15) is 14.7 Å². The second-order valence-corrected chi connectivity index (χ2v) is 6.50. The molecule has 0 saturated heterocycles. The summed E-state index contributed by atoms with van der Waals surface area (Å²) in [5, 5.41) is 11.8. The maximum atomic E-state index is 12.0. The van der Waals surface area contributed by atoms with Gasteiger partial charge in [0.05, 0.1) is 11.6 Å². The highest BCUT2D eigenvalue weighted by molar-refractivity contribution is 9.11. The van der Waals surface area contributed by atoms with Crippen molar-refractivity contribution >= 4 is 49.6 Å². The van der Waals surface area contributed by atoms with Crippen LogP contribution >= 0.6 is 31.9 Å². The van der Waals surface area contributed by atoms with Gasteiger partial charge in [-0.1, -0.05) is 13.8 Å². The van der Waals surface area contributed by atoms with Gasteiger partial charge in [0.2, 0.25) is 5.91 Å². The van der Waals surface area contributed by atoms with Gasteiger partial charge < -0.3 is 10.4 Å². The minimum absolute atomic E-state index is 0.135. The van der Waals surface area contributed by atoms with Crippen molar-refractivity contribution in [1.29, 1.82) is 0 Å². The van der Waals surface area contributed by atoms with Crippen molar-refractivity contribution in [2.45, 2.75) is 27.2 Å². The molecule has 0 bridgehead atoms. The summed E-state index contributed by atoms with van der Waals surface area (Å²) in [6.45, 7) is 5.11. The Balaban J connectivity index is 2.84. The van der Waals surface area contributed by atoms with Gasteiger partial charge in [0.1, 0.15) is 9.21 Å². The monoisotopic (exact) mass is 407 g/mol. The Bertz CT molecular complexity index is 537. The second kappa shape index (κ2) is 6.62.